The van der Waals surface area contributed by atoms with Crippen molar-refractivity contribution in [3.8, 4) is 0 Å². The molecule has 1 aromatic heterocycles. The minimum Gasteiger partial charge on any atom is -0.358 e. The molecule has 1 aliphatic heterocycles. The Balaban J connectivity index is 1.74. The van der Waals surface area contributed by atoms with Gasteiger partial charge in [-0.15, -0.1) is 0 Å². The lowest BCUT2D eigenvalue weighted by atomic mass is 9.83. The number of aromatic nitrogens is 1. The summed E-state index contributed by atoms with van der Waals surface area (Å²) in [7, 11) is 7.88. The van der Waals surface area contributed by atoms with Crippen molar-refractivity contribution in [3.63, 3.8) is 0 Å². The number of fused-ring (bicyclic) bond motifs is 2. The molecule has 160 valence electrons. The number of carbonyl (C=O) groups is 3. The number of H-pyrrole nitrogens is 1. The van der Waals surface area contributed by atoms with E-state index >= 15 is 0 Å². The van der Waals surface area contributed by atoms with Gasteiger partial charge in [-0.25, -0.2) is 0 Å². The van der Waals surface area contributed by atoms with Gasteiger partial charge in [-0.1, -0.05) is 0 Å². The standard InChI is InChI=1S/C24H26N4O3/c1-27(2)9-7-14-12-25-22-16(5-6-18(29)20(14)22)17-11-19(30)23-21(24(17)31)15(13-26-23)8-10-28(3)4/h5-6,11-13,26H,7-10H2,1-4H3. The molecule has 7 heteroatoms. The van der Waals surface area contributed by atoms with Crippen molar-refractivity contribution in [2.45, 2.75) is 12.8 Å². The van der Waals surface area contributed by atoms with Crippen LogP contribution in [0.3, 0.4) is 0 Å². The average Bonchev–Trinajstić information content (AvgIpc) is 3.33. The SMILES string of the molecule is CN(C)CCC1=C2C(=O)C=CC(C3=CC(=O)c4[nH]cc(CCN(C)C)c4C3=O)=C2N=C1. The van der Waals surface area contributed by atoms with Crippen LogP contribution in [0.25, 0.3) is 0 Å². The molecular weight excluding hydrogens is 392 g/mol. The molecule has 2 aliphatic carbocycles. The molecule has 0 saturated carbocycles. The fourth-order valence-electron chi connectivity index (χ4n) is 4.04. The van der Waals surface area contributed by atoms with E-state index < -0.39 is 0 Å². The van der Waals surface area contributed by atoms with Gasteiger partial charge in [-0.3, -0.25) is 19.4 Å². The number of hydrogen-bond acceptors (Lipinski definition) is 6. The third-order valence-electron chi connectivity index (χ3n) is 5.71. The first kappa shape index (κ1) is 21.1. The summed E-state index contributed by atoms with van der Waals surface area (Å²) < 4.78 is 0. The van der Waals surface area contributed by atoms with Crippen molar-refractivity contribution in [1.82, 2.24) is 14.8 Å². The Morgan fingerprint density at radius 3 is 2.35 bits per heavy atom. The molecule has 0 saturated heterocycles. The monoisotopic (exact) mass is 418 g/mol. The van der Waals surface area contributed by atoms with Crippen LogP contribution in [0.15, 0.2) is 57.4 Å². The van der Waals surface area contributed by atoms with E-state index in [1.807, 2.05) is 38.0 Å². The van der Waals surface area contributed by atoms with Crippen molar-refractivity contribution in [1.29, 1.82) is 0 Å². The summed E-state index contributed by atoms with van der Waals surface area (Å²) in [4.78, 5) is 50.4. The number of ketones is 3. The number of nitrogens with one attached hydrogen (secondary N) is 1. The van der Waals surface area contributed by atoms with Gasteiger partial charge in [0.25, 0.3) is 0 Å². The van der Waals surface area contributed by atoms with E-state index in [1.54, 1.807) is 18.5 Å². The zero-order chi connectivity index (χ0) is 22.3. The average molecular weight is 418 g/mol. The summed E-state index contributed by atoms with van der Waals surface area (Å²) in [5, 5.41) is 0. The zero-order valence-electron chi connectivity index (χ0n) is 18.3. The van der Waals surface area contributed by atoms with Gasteiger partial charge in [0.1, 0.15) is 0 Å². The van der Waals surface area contributed by atoms with Gasteiger partial charge >= 0.3 is 0 Å². The summed E-state index contributed by atoms with van der Waals surface area (Å²) in [5.41, 5.74) is 4.31. The number of allylic oxidation sites excluding steroid dienone is 6. The van der Waals surface area contributed by atoms with Gasteiger partial charge < -0.3 is 14.8 Å². The van der Waals surface area contributed by atoms with E-state index in [0.29, 0.717) is 46.5 Å². The molecule has 0 fully saturated rings. The van der Waals surface area contributed by atoms with Crippen molar-refractivity contribution in [3.05, 3.63) is 69.2 Å². The number of likely N-dealkylation sites (N-methyl/N-ethyl adjacent to an activating group) is 1. The molecule has 0 aromatic carbocycles. The molecule has 1 N–H and O–H groups in total. The van der Waals surface area contributed by atoms with Crippen LogP contribution in [0.1, 0.15) is 32.8 Å². The second-order valence-corrected chi connectivity index (χ2v) is 8.54. The Kier molecular flexibility index (Phi) is 5.56. The Morgan fingerprint density at radius 2 is 1.65 bits per heavy atom. The van der Waals surface area contributed by atoms with Gasteiger partial charge in [-0.05, 0) is 70.4 Å². The largest absolute Gasteiger partial charge is 0.358 e. The predicted octanol–water partition coefficient (Wildman–Crippen LogP) is 2.15. The van der Waals surface area contributed by atoms with Crippen LogP contribution in [0.2, 0.25) is 0 Å². The van der Waals surface area contributed by atoms with E-state index in [4.69, 9.17) is 0 Å². The first-order valence-corrected chi connectivity index (χ1v) is 10.3. The van der Waals surface area contributed by atoms with Gasteiger partial charge in [0.2, 0.25) is 5.78 Å². The summed E-state index contributed by atoms with van der Waals surface area (Å²) in [5.74, 6) is -0.559. The highest BCUT2D eigenvalue weighted by Gasteiger charge is 2.35. The van der Waals surface area contributed by atoms with Crippen molar-refractivity contribution < 1.29 is 14.4 Å². The third kappa shape index (κ3) is 3.82. The molecule has 0 spiro atoms. The maximum Gasteiger partial charge on any atom is 0.203 e. The van der Waals surface area contributed by atoms with Gasteiger partial charge in [-0.2, -0.15) is 0 Å². The summed E-state index contributed by atoms with van der Waals surface area (Å²) in [6.07, 6.45) is 9.24. The quantitative estimate of drug-likeness (QED) is 0.733. The molecule has 0 amide bonds. The number of Topliss-reactive ketones (excluding diaryl/α,β-unsaturated/α-hetero) is 1. The van der Waals surface area contributed by atoms with Crippen LogP contribution in [-0.4, -0.2) is 79.6 Å². The number of aliphatic imine (C=N–C) groups is 1. The zero-order valence-corrected chi connectivity index (χ0v) is 18.3. The molecule has 4 rings (SSSR count). The Bertz CT molecular complexity index is 1140. The topological polar surface area (TPSA) is 85.8 Å². The Labute approximate surface area is 181 Å². The van der Waals surface area contributed by atoms with E-state index in [2.05, 4.69) is 9.98 Å². The maximum atomic E-state index is 13.5. The molecule has 31 heavy (non-hydrogen) atoms. The summed E-state index contributed by atoms with van der Waals surface area (Å²) in [6, 6.07) is 0. The highest BCUT2D eigenvalue weighted by Crippen LogP contribution is 2.37. The van der Waals surface area contributed by atoms with Crippen LogP contribution in [0, 0.1) is 0 Å². The maximum absolute atomic E-state index is 13.5. The van der Waals surface area contributed by atoms with Gasteiger partial charge in [0.05, 0.1) is 22.5 Å². The fraction of sp³-hybridized carbons (Fsp3) is 0.333. The minimum absolute atomic E-state index is 0.116. The Hall–Kier alpha value is -3.16. The molecule has 3 aliphatic rings. The number of hydrogen-bond donors (Lipinski definition) is 1. The van der Waals surface area contributed by atoms with Gasteiger partial charge in [0.15, 0.2) is 11.6 Å². The number of rotatable bonds is 7. The van der Waals surface area contributed by atoms with Crippen molar-refractivity contribution >= 4 is 23.6 Å². The van der Waals surface area contributed by atoms with Crippen LogP contribution < -0.4 is 0 Å². The number of carbonyl (C=O) groups excluding carboxylic acids is 3. The second kappa shape index (κ2) is 8.17. The molecule has 0 unspecified atom stereocenters. The smallest absolute Gasteiger partial charge is 0.203 e. The van der Waals surface area contributed by atoms with Crippen LogP contribution in [0.4, 0.5) is 0 Å². The lowest BCUT2D eigenvalue weighted by Gasteiger charge is -2.19. The highest BCUT2D eigenvalue weighted by molar-refractivity contribution is 6.27. The Morgan fingerprint density at radius 1 is 0.935 bits per heavy atom. The van der Waals surface area contributed by atoms with E-state index in [0.717, 1.165) is 24.2 Å². The van der Waals surface area contributed by atoms with E-state index in [1.165, 1.54) is 12.2 Å². The number of aromatic amines is 1. The lowest BCUT2D eigenvalue weighted by molar-refractivity contribution is -0.111. The summed E-state index contributed by atoms with van der Waals surface area (Å²) >= 11 is 0. The molecule has 2 heterocycles. The third-order valence-corrected chi connectivity index (χ3v) is 5.71. The van der Waals surface area contributed by atoms with Crippen LogP contribution >= 0.6 is 0 Å². The fourth-order valence-corrected chi connectivity index (χ4v) is 4.04. The first-order valence-electron chi connectivity index (χ1n) is 10.3. The molecule has 1 aromatic rings. The molecule has 0 radical (unpaired) electrons. The van der Waals surface area contributed by atoms with Crippen LogP contribution in [0.5, 0.6) is 0 Å². The first-order chi connectivity index (χ1) is 14.8. The molecular formula is C24H26N4O3. The minimum atomic E-state index is -0.237. The predicted molar refractivity (Wildman–Crippen MR) is 120 cm³/mol. The summed E-state index contributed by atoms with van der Waals surface area (Å²) in [6.45, 7) is 1.55. The highest BCUT2D eigenvalue weighted by atomic mass is 16.1. The van der Waals surface area contributed by atoms with Gasteiger partial charge in [0, 0.05) is 36.6 Å². The van der Waals surface area contributed by atoms with E-state index in [-0.39, 0.29) is 17.3 Å². The number of nitrogens with zero attached hydrogens (tertiary/aromatic N) is 3. The van der Waals surface area contributed by atoms with Crippen molar-refractivity contribution in [2.75, 3.05) is 41.3 Å². The normalized spacial score (nSPS) is 18.0. The van der Waals surface area contributed by atoms with Crippen molar-refractivity contribution in [2.24, 2.45) is 4.99 Å². The van der Waals surface area contributed by atoms with Crippen LogP contribution in [-0.2, 0) is 11.2 Å². The van der Waals surface area contributed by atoms with E-state index in [9.17, 15) is 14.4 Å². The second-order valence-electron chi connectivity index (χ2n) is 8.54. The molecule has 0 bridgehead atoms. The lowest BCUT2D eigenvalue weighted by Crippen LogP contribution is -2.22. The molecule has 7 nitrogen and oxygen atoms in total. The molecule has 0 atom stereocenters.